The van der Waals surface area contributed by atoms with Crippen molar-refractivity contribution in [2.24, 2.45) is 5.92 Å². The van der Waals surface area contributed by atoms with Gasteiger partial charge in [0.15, 0.2) is 5.82 Å². The number of carbonyl (C=O) groups is 1. The third kappa shape index (κ3) is 5.71. The number of aromatic nitrogens is 2. The molecule has 0 atom stereocenters. The third-order valence-corrected chi connectivity index (χ3v) is 4.45. The molecular weight excluding hydrogens is 342 g/mol. The maximum Gasteiger partial charge on any atom is 0.263 e. The van der Waals surface area contributed by atoms with E-state index in [1.807, 2.05) is 0 Å². The molecule has 9 heteroatoms. The first-order valence-electron chi connectivity index (χ1n) is 7.74. The van der Waals surface area contributed by atoms with Crippen LogP contribution in [0.25, 0.3) is 0 Å². The minimum Gasteiger partial charge on any atom is -0.368 e. The summed E-state index contributed by atoms with van der Waals surface area (Å²) in [6.07, 6.45) is 0. The Labute approximate surface area is 147 Å². The Morgan fingerprint density at radius 2 is 1.64 bits per heavy atom. The van der Waals surface area contributed by atoms with Gasteiger partial charge < -0.3 is 10.6 Å². The van der Waals surface area contributed by atoms with Gasteiger partial charge in [-0.1, -0.05) is 13.8 Å². The minimum atomic E-state index is -3.78. The molecule has 0 bridgehead atoms. The minimum absolute atomic E-state index is 0.0606. The monoisotopic (exact) mass is 363 g/mol. The molecular formula is C16H21N5O3S. The highest BCUT2D eigenvalue weighted by Crippen LogP contribution is 2.17. The van der Waals surface area contributed by atoms with Crippen LogP contribution in [0.3, 0.4) is 0 Å². The molecule has 0 spiro atoms. The summed E-state index contributed by atoms with van der Waals surface area (Å²) >= 11 is 0. The van der Waals surface area contributed by atoms with Crippen LogP contribution in [-0.2, 0) is 14.8 Å². The van der Waals surface area contributed by atoms with Gasteiger partial charge in [-0.05, 0) is 42.3 Å². The number of rotatable bonds is 7. The molecule has 3 N–H and O–H groups in total. The van der Waals surface area contributed by atoms with Gasteiger partial charge in [0, 0.05) is 19.2 Å². The van der Waals surface area contributed by atoms with Gasteiger partial charge in [-0.2, -0.15) is 0 Å². The molecule has 1 amide bonds. The van der Waals surface area contributed by atoms with E-state index in [0.717, 1.165) is 6.54 Å². The number of hydrogen-bond donors (Lipinski definition) is 3. The van der Waals surface area contributed by atoms with Crippen LogP contribution < -0.4 is 15.4 Å². The predicted octanol–water partition coefficient (Wildman–Crippen LogP) is 2.30. The molecule has 134 valence electrons. The van der Waals surface area contributed by atoms with Crippen molar-refractivity contribution < 1.29 is 13.2 Å². The van der Waals surface area contributed by atoms with Gasteiger partial charge in [0.2, 0.25) is 5.91 Å². The van der Waals surface area contributed by atoms with Gasteiger partial charge in [-0.3, -0.25) is 9.52 Å². The van der Waals surface area contributed by atoms with Gasteiger partial charge >= 0.3 is 0 Å². The predicted molar refractivity (Wildman–Crippen MR) is 96.9 cm³/mol. The zero-order valence-corrected chi connectivity index (χ0v) is 15.1. The third-order valence-electron chi connectivity index (χ3n) is 3.08. The summed E-state index contributed by atoms with van der Waals surface area (Å²) in [5.74, 6) is 0.938. The van der Waals surface area contributed by atoms with Crippen LogP contribution >= 0.6 is 0 Å². The topological polar surface area (TPSA) is 113 Å². The molecule has 2 aromatic rings. The molecule has 0 saturated carbocycles. The van der Waals surface area contributed by atoms with E-state index in [2.05, 4.69) is 39.4 Å². The second-order valence-corrected chi connectivity index (χ2v) is 7.57. The van der Waals surface area contributed by atoms with Crippen molar-refractivity contribution in [1.29, 1.82) is 0 Å². The fraction of sp³-hybridized carbons (Fsp3) is 0.312. The first-order valence-corrected chi connectivity index (χ1v) is 9.22. The molecule has 0 aliphatic rings. The van der Waals surface area contributed by atoms with E-state index in [0.29, 0.717) is 17.4 Å². The lowest BCUT2D eigenvalue weighted by molar-refractivity contribution is -0.114. The van der Waals surface area contributed by atoms with E-state index in [1.54, 1.807) is 12.1 Å². The number of nitrogens with one attached hydrogen (secondary N) is 3. The van der Waals surface area contributed by atoms with Crippen LogP contribution in [0, 0.1) is 5.92 Å². The molecule has 1 heterocycles. The van der Waals surface area contributed by atoms with Crippen molar-refractivity contribution in [3.63, 3.8) is 0 Å². The molecule has 2 rings (SSSR count). The second kappa shape index (κ2) is 7.93. The molecule has 1 aromatic heterocycles. The number of nitrogens with zero attached hydrogens (tertiary/aromatic N) is 2. The largest absolute Gasteiger partial charge is 0.368 e. The standard InChI is InChI=1S/C16H21N5O3S/c1-11(2)10-17-15-8-9-16(20-19-15)21-25(23,24)14-6-4-13(5-7-14)18-12(3)22/h4-9,11H,10H2,1-3H3,(H,17,19)(H,18,22)(H,20,21). The summed E-state index contributed by atoms with van der Waals surface area (Å²) in [7, 11) is -3.78. The molecule has 1 aromatic carbocycles. The van der Waals surface area contributed by atoms with Crippen LogP contribution in [0.2, 0.25) is 0 Å². The van der Waals surface area contributed by atoms with E-state index in [4.69, 9.17) is 0 Å². The van der Waals surface area contributed by atoms with Crippen molar-refractivity contribution in [3.8, 4) is 0 Å². The smallest absolute Gasteiger partial charge is 0.263 e. The SMILES string of the molecule is CC(=O)Nc1ccc(S(=O)(=O)Nc2ccc(NCC(C)C)nn2)cc1. The highest BCUT2D eigenvalue weighted by molar-refractivity contribution is 7.92. The molecule has 25 heavy (non-hydrogen) atoms. The van der Waals surface area contributed by atoms with Gasteiger partial charge in [-0.15, -0.1) is 10.2 Å². The highest BCUT2D eigenvalue weighted by atomic mass is 32.2. The lowest BCUT2D eigenvalue weighted by Gasteiger charge is -2.10. The summed E-state index contributed by atoms with van der Waals surface area (Å²) in [4.78, 5) is 11.0. The van der Waals surface area contributed by atoms with Gasteiger partial charge in [-0.25, -0.2) is 8.42 Å². The lowest BCUT2D eigenvalue weighted by atomic mass is 10.2. The van der Waals surface area contributed by atoms with Crippen LogP contribution in [-0.4, -0.2) is 31.1 Å². The fourth-order valence-electron chi connectivity index (χ4n) is 1.91. The number of benzene rings is 1. The maximum atomic E-state index is 12.4. The second-order valence-electron chi connectivity index (χ2n) is 5.89. The number of carbonyl (C=O) groups excluding carboxylic acids is 1. The van der Waals surface area contributed by atoms with Crippen molar-refractivity contribution in [2.45, 2.75) is 25.7 Å². The molecule has 0 radical (unpaired) electrons. The first kappa shape index (κ1) is 18.7. The Kier molecular flexibility index (Phi) is 5.92. The average Bonchev–Trinajstić information content (AvgIpc) is 2.54. The van der Waals surface area contributed by atoms with Crippen molar-refractivity contribution in [3.05, 3.63) is 36.4 Å². The van der Waals surface area contributed by atoms with Crippen molar-refractivity contribution in [2.75, 3.05) is 21.9 Å². The molecule has 0 aliphatic heterocycles. The summed E-state index contributed by atoms with van der Waals surface area (Å²) in [5, 5.41) is 13.5. The fourth-order valence-corrected chi connectivity index (χ4v) is 2.90. The average molecular weight is 363 g/mol. The Morgan fingerprint density at radius 1 is 1.04 bits per heavy atom. The zero-order valence-electron chi connectivity index (χ0n) is 14.3. The van der Waals surface area contributed by atoms with Crippen LogP contribution in [0.4, 0.5) is 17.3 Å². The van der Waals surface area contributed by atoms with Crippen LogP contribution in [0.1, 0.15) is 20.8 Å². The zero-order chi connectivity index (χ0) is 18.4. The van der Waals surface area contributed by atoms with Gasteiger partial charge in [0.05, 0.1) is 4.90 Å². The highest BCUT2D eigenvalue weighted by Gasteiger charge is 2.15. The van der Waals surface area contributed by atoms with Crippen LogP contribution in [0.15, 0.2) is 41.3 Å². The maximum absolute atomic E-state index is 12.4. The Hall–Kier alpha value is -2.68. The van der Waals surface area contributed by atoms with Gasteiger partial charge in [0.25, 0.3) is 10.0 Å². The summed E-state index contributed by atoms with van der Waals surface area (Å²) in [5.41, 5.74) is 0.520. The first-order chi connectivity index (χ1) is 11.8. The molecule has 0 saturated heterocycles. The molecule has 0 aliphatic carbocycles. The summed E-state index contributed by atoms with van der Waals surface area (Å²) < 4.78 is 27.1. The van der Waals surface area contributed by atoms with Crippen LogP contribution in [0.5, 0.6) is 0 Å². The Balaban J connectivity index is 2.06. The number of hydrogen-bond acceptors (Lipinski definition) is 6. The Morgan fingerprint density at radius 3 is 2.16 bits per heavy atom. The van der Waals surface area contributed by atoms with E-state index >= 15 is 0 Å². The van der Waals surface area contributed by atoms with Crippen molar-refractivity contribution >= 4 is 33.3 Å². The Bertz CT molecular complexity index is 818. The lowest BCUT2D eigenvalue weighted by Crippen LogP contribution is -2.15. The summed E-state index contributed by atoms with van der Waals surface area (Å²) in [6.45, 7) is 6.27. The van der Waals surface area contributed by atoms with Crippen molar-refractivity contribution in [1.82, 2.24) is 10.2 Å². The van der Waals surface area contributed by atoms with E-state index in [-0.39, 0.29) is 16.6 Å². The molecule has 0 fully saturated rings. The normalized spacial score (nSPS) is 11.2. The van der Waals surface area contributed by atoms with E-state index in [1.165, 1.54) is 31.2 Å². The molecule has 0 unspecified atom stereocenters. The number of sulfonamides is 1. The molecule has 8 nitrogen and oxygen atoms in total. The number of anilines is 3. The van der Waals surface area contributed by atoms with E-state index < -0.39 is 10.0 Å². The summed E-state index contributed by atoms with van der Waals surface area (Å²) in [6, 6.07) is 9.03. The van der Waals surface area contributed by atoms with Gasteiger partial charge in [0.1, 0.15) is 5.82 Å². The van der Waals surface area contributed by atoms with E-state index in [9.17, 15) is 13.2 Å². The quantitative estimate of drug-likeness (QED) is 0.696. The number of amides is 1.